The molecule has 0 saturated carbocycles. The van der Waals surface area contributed by atoms with E-state index in [1.54, 1.807) is 31.1 Å². The third-order valence-electron chi connectivity index (χ3n) is 3.79. The number of carbonyl (C=O) groups is 1. The normalized spacial score (nSPS) is 15.1. The van der Waals surface area contributed by atoms with Crippen LogP contribution in [0.25, 0.3) is 0 Å². The first-order valence-corrected chi connectivity index (χ1v) is 7.87. The molecule has 0 N–H and O–H groups in total. The lowest BCUT2D eigenvalue weighted by Crippen LogP contribution is -2.42. The standard InChI is InChI=1S/C17H22ClNO3/c1-4-5-11-22-12(2)17(20)19-10-6-7-13-14(18)8-9-15(21-3)16(13)19/h4,8-9,12H,1,5-7,10-11H2,2-3H3. The first-order chi connectivity index (χ1) is 10.6. The van der Waals surface area contributed by atoms with Gasteiger partial charge in [0.15, 0.2) is 0 Å². The molecule has 2 rings (SSSR count). The van der Waals surface area contributed by atoms with Crippen LogP contribution < -0.4 is 9.64 Å². The molecule has 1 heterocycles. The van der Waals surface area contributed by atoms with Crippen LogP contribution in [0.3, 0.4) is 0 Å². The molecule has 0 saturated heterocycles. The molecule has 0 radical (unpaired) electrons. The molecule has 0 aromatic heterocycles. The average molecular weight is 324 g/mol. The molecular weight excluding hydrogens is 302 g/mol. The first kappa shape index (κ1) is 16.8. The molecule has 1 aromatic carbocycles. The van der Waals surface area contributed by atoms with Crippen molar-refractivity contribution in [1.29, 1.82) is 0 Å². The number of ether oxygens (including phenoxy) is 2. The Hall–Kier alpha value is -1.52. The van der Waals surface area contributed by atoms with Gasteiger partial charge in [-0.05, 0) is 43.9 Å². The van der Waals surface area contributed by atoms with Gasteiger partial charge in [0, 0.05) is 11.6 Å². The zero-order chi connectivity index (χ0) is 16.1. The van der Waals surface area contributed by atoms with Gasteiger partial charge in [0.2, 0.25) is 0 Å². The van der Waals surface area contributed by atoms with Crippen LogP contribution in [0, 0.1) is 0 Å². The number of amides is 1. The highest BCUT2D eigenvalue weighted by Crippen LogP contribution is 2.40. The summed E-state index contributed by atoms with van der Waals surface area (Å²) in [6, 6.07) is 3.62. The molecule has 0 fully saturated rings. The Morgan fingerprint density at radius 3 is 3.00 bits per heavy atom. The van der Waals surface area contributed by atoms with E-state index in [1.807, 2.05) is 6.07 Å². The maximum Gasteiger partial charge on any atom is 0.255 e. The quantitative estimate of drug-likeness (QED) is 0.593. The highest BCUT2D eigenvalue weighted by atomic mass is 35.5. The molecule has 22 heavy (non-hydrogen) atoms. The number of fused-ring (bicyclic) bond motifs is 1. The fourth-order valence-electron chi connectivity index (χ4n) is 2.65. The van der Waals surface area contributed by atoms with Crippen LogP contribution in [0.1, 0.15) is 25.3 Å². The van der Waals surface area contributed by atoms with E-state index in [1.165, 1.54) is 0 Å². The van der Waals surface area contributed by atoms with Gasteiger partial charge in [-0.1, -0.05) is 17.7 Å². The maximum atomic E-state index is 12.7. The van der Waals surface area contributed by atoms with Crippen LogP contribution in [0.15, 0.2) is 24.8 Å². The molecular formula is C17H22ClNO3. The third-order valence-corrected chi connectivity index (χ3v) is 4.14. The number of rotatable bonds is 6. The summed E-state index contributed by atoms with van der Waals surface area (Å²) in [7, 11) is 1.60. The van der Waals surface area contributed by atoms with Crippen LogP contribution in [0.4, 0.5) is 5.69 Å². The van der Waals surface area contributed by atoms with Crippen molar-refractivity contribution in [1.82, 2.24) is 0 Å². The fourth-order valence-corrected chi connectivity index (χ4v) is 2.90. The van der Waals surface area contributed by atoms with Gasteiger partial charge < -0.3 is 14.4 Å². The third kappa shape index (κ3) is 3.45. The van der Waals surface area contributed by atoms with E-state index < -0.39 is 6.10 Å². The second-order valence-corrected chi connectivity index (χ2v) is 5.67. The summed E-state index contributed by atoms with van der Waals surface area (Å²) >= 11 is 6.29. The Kier molecular flexibility index (Phi) is 5.86. The van der Waals surface area contributed by atoms with Gasteiger partial charge in [-0.15, -0.1) is 6.58 Å². The monoisotopic (exact) mass is 323 g/mol. The Balaban J connectivity index is 2.26. The highest BCUT2D eigenvalue weighted by molar-refractivity contribution is 6.32. The minimum Gasteiger partial charge on any atom is -0.495 e. The van der Waals surface area contributed by atoms with Crippen molar-refractivity contribution >= 4 is 23.2 Å². The predicted molar refractivity (Wildman–Crippen MR) is 88.9 cm³/mol. The van der Waals surface area contributed by atoms with Crippen molar-refractivity contribution in [2.75, 3.05) is 25.2 Å². The number of nitrogens with zero attached hydrogens (tertiary/aromatic N) is 1. The van der Waals surface area contributed by atoms with Crippen LogP contribution in [-0.2, 0) is 16.0 Å². The predicted octanol–water partition coefficient (Wildman–Crippen LogP) is 3.61. The number of carbonyl (C=O) groups excluding carboxylic acids is 1. The molecule has 5 heteroatoms. The van der Waals surface area contributed by atoms with E-state index in [-0.39, 0.29) is 5.91 Å². The van der Waals surface area contributed by atoms with Crippen molar-refractivity contribution in [3.8, 4) is 5.75 Å². The van der Waals surface area contributed by atoms with Crippen LogP contribution >= 0.6 is 11.6 Å². The Bertz CT molecular complexity index is 559. The number of methoxy groups -OCH3 is 1. The summed E-state index contributed by atoms with van der Waals surface area (Å²) in [4.78, 5) is 14.4. The van der Waals surface area contributed by atoms with Crippen molar-refractivity contribution in [3.63, 3.8) is 0 Å². The van der Waals surface area contributed by atoms with E-state index in [0.29, 0.717) is 23.9 Å². The first-order valence-electron chi connectivity index (χ1n) is 7.49. The number of hydrogen-bond acceptors (Lipinski definition) is 3. The zero-order valence-corrected chi connectivity index (χ0v) is 13.9. The lowest BCUT2D eigenvalue weighted by Gasteiger charge is -2.33. The molecule has 0 bridgehead atoms. The molecule has 1 unspecified atom stereocenters. The summed E-state index contributed by atoms with van der Waals surface area (Å²) in [6.07, 6.45) is 3.72. The van der Waals surface area contributed by atoms with Crippen molar-refractivity contribution in [3.05, 3.63) is 35.4 Å². The summed E-state index contributed by atoms with van der Waals surface area (Å²) in [5, 5.41) is 0.675. The molecule has 0 spiro atoms. The summed E-state index contributed by atoms with van der Waals surface area (Å²) in [5.41, 5.74) is 1.75. The molecule has 4 nitrogen and oxygen atoms in total. The lowest BCUT2D eigenvalue weighted by molar-refractivity contribution is -0.129. The van der Waals surface area contributed by atoms with Gasteiger partial charge in [0.1, 0.15) is 11.9 Å². The Morgan fingerprint density at radius 1 is 1.55 bits per heavy atom. The summed E-state index contributed by atoms with van der Waals surface area (Å²) in [6.45, 7) is 6.56. The molecule has 0 aliphatic carbocycles. The van der Waals surface area contributed by atoms with Gasteiger partial charge in [0.25, 0.3) is 5.91 Å². The van der Waals surface area contributed by atoms with E-state index in [9.17, 15) is 4.79 Å². The zero-order valence-electron chi connectivity index (χ0n) is 13.1. The van der Waals surface area contributed by atoms with E-state index >= 15 is 0 Å². The average Bonchev–Trinajstić information content (AvgIpc) is 2.54. The fraction of sp³-hybridized carbons (Fsp3) is 0.471. The molecule has 1 aliphatic rings. The Morgan fingerprint density at radius 2 is 2.32 bits per heavy atom. The van der Waals surface area contributed by atoms with Gasteiger partial charge in [0.05, 0.1) is 19.4 Å². The minimum atomic E-state index is -0.505. The van der Waals surface area contributed by atoms with Crippen molar-refractivity contribution in [2.24, 2.45) is 0 Å². The van der Waals surface area contributed by atoms with E-state index in [0.717, 1.165) is 30.5 Å². The molecule has 120 valence electrons. The van der Waals surface area contributed by atoms with E-state index in [2.05, 4.69) is 6.58 Å². The largest absolute Gasteiger partial charge is 0.495 e. The summed E-state index contributed by atoms with van der Waals surface area (Å²) < 4.78 is 11.0. The number of hydrogen-bond donors (Lipinski definition) is 0. The van der Waals surface area contributed by atoms with Crippen molar-refractivity contribution in [2.45, 2.75) is 32.3 Å². The number of anilines is 1. The SMILES string of the molecule is C=CCCOC(C)C(=O)N1CCCc2c(Cl)ccc(OC)c21. The smallest absolute Gasteiger partial charge is 0.255 e. The van der Waals surface area contributed by atoms with Crippen LogP contribution in [0.5, 0.6) is 5.75 Å². The molecule has 1 aromatic rings. The van der Waals surface area contributed by atoms with E-state index in [4.69, 9.17) is 21.1 Å². The molecule has 1 aliphatic heterocycles. The second kappa shape index (κ2) is 7.65. The molecule has 1 atom stereocenters. The van der Waals surface area contributed by atoms with Gasteiger partial charge in [-0.25, -0.2) is 0 Å². The number of halogens is 1. The van der Waals surface area contributed by atoms with Crippen LogP contribution in [-0.4, -0.2) is 32.3 Å². The van der Waals surface area contributed by atoms with Crippen LogP contribution in [0.2, 0.25) is 5.02 Å². The van der Waals surface area contributed by atoms with Gasteiger partial charge in [-0.2, -0.15) is 0 Å². The lowest BCUT2D eigenvalue weighted by atomic mass is 10.00. The Labute approximate surface area is 136 Å². The topological polar surface area (TPSA) is 38.8 Å². The summed E-state index contributed by atoms with van der Waals surface area (Å²) in [5.74, 6) is 0.608. The highest BCUT2D eigenvalue weighted by Gasteiger charge is 2.30. The minimum absolute atomic E-state index is 0.0643. The molecule has 1 amide bonds. The number of benzene rings is 1. The maximum absolute atomic E-state index is 12.7. The second-order valence-electron chi connectivity index (χ2n) is 5.26. The van der Waals surface area contributed by atoms with Gasteiger partial charge >= 0.3 is 0 Å². The van der Waals surface area contributed by atoms with Gasteiger partial charge in [-0.3, -0.25) is 4.79 Å². The van der Waals surface area contributed by atoms with Crippen molar-refractivity contribution < 1.29 is 14.3 Å².